The number of amidine groups is 1. The van der Waals surface area contributed by atoms with Gasteiger partial charge in [-0.3, -0.25) is 5.01 Å². The molecule has 1 aromatic heterocycles. The maximum atomic E-state index is 12.0. The largest absolute Gasteiger partial charge is 0.466 e. The lowest BCUT2D eigenvalue weighted by atomic mass is 10.2. The van der Waals surface area contributed by atoms with E-state index in [1.165, 1.54) is 19.2 Å². The molecule has 2 aromatic rings. The molecule has 0 saturated carbocycles. The number of hydrogen-bond donors (Lipinski definition) is 1. The molecule has 0 fully saturated rings. The summed E-state index contributed by atoms with van der Waals surface area (Å²) >= 11 is 0. The zero-order valence-electron chi connectivity index (χ0n) is 14.5. The molecule has 26 heavy (non-hydrogen) atoms. The lowest BCUT2D eigenvalue weighted by Crippen LogP contribution is -2.54. The van der Waals surface area contributed by atoms with Crippen LogP contribution in [0.1, 0.15) is 22.3 Å². The summed E-state index contributed by atoms with van der Waals surface area (Å²) in [6.45, 7) is 0. The van der Waals surface area contributed by atoms with Crippen LogP contribution in [0.2, 0.25) is 0 Å². The summed E-state index contributed by atoms with van der Waals surface area (Å²) in [5.74, 6) is -0.350. The van der Waals surface area contributed by atoms with Crippen LogP contribution in [0, 0.1) is 0 Å². The van der Waals surface area contributed by atoms with Gasteiger partial charge in [-0.15, -0.1) is 5.10 Å². The Kier molecular flexibility index (Phi) is 4.90. The molecule has 9 heteroatoms. The van der Waals surface area contributed by atoms with E-state index in [0.717, 1.165) is 0 Å². The third-order valence-corrected chi connectivity index (χ3v) is 3.81. The fraction of sp³-hybridized carbons (Fsp3) is 0.235. The molecule has 1 unspecified atom stereocenters. The molecule has 3 rings (SSSR count). The maximum absolute atomic E-state index is 12.0. The fourth-order valence-corrected chi connectivity index (χ4v) is 2.50. The summed E-state index contributed by atoms with van der Waals surface area (Å²) in [7, 11) is 4.26. The number of benzene rings is 1. The first-order valence-corrected chi connectivity index (χ1v) is 7.73. The van der Waals surface area contributed by atoms with E-state index < -0.39 is 18.1 Å². The number of hydrogen-bond acceptors (Lipinski definition) is 9. The van der Waals surface area contributed by atoms with E-state index in [1.807, 2.05) is 0 Å². The van der Waals surface area contributed by atoms with Crippen molar-refractivity contribution in [1.29, 1.82) is 0 Å². The molecule has 1 aromatic carbocycles. The standard InChI is InChI=1S/C17H18N4O5/c1-20-15(17(23)25-3)19-21(14(18-20)13-5-4-10-26-13)12-8-6-11(7-9-12)16(22)24-2/h4-10,14,18H,1-3H3. The minimum Gasteiger partial charge on any atom is -0.466 e. The van der Waals surface area contributed by atoms with E-state index in [9.17, 15) is 9.59 Å². The number of nitrogens with one attached hydrogen (secondary N) is 1. The number of anilines is 1. The predicted molar refractivity (Wildman–Crippen MR) is 92.1 cm³/mol. The summed E-state index contributed by atoms with van der Waals surface area (Å²) in [5.41, 5.74) is 4.17. The monoisotopic (exact) mass is 358 g/mol. The fourth-order valence-electron chi connectivity index (χ4n) is 2.50. The molecule has 0 aliphatic carbocycles. The van der Waals surface area contributed by atoms with Gasteiger partial charge < -0.3 is 13.9 Å². The van der Waals surface area contributed by atoms with Gasteiger partial charge in [0.25, 0.3) is 0 Å². The molecule has 1 aliphatic rings. The van der Waals surface area contributed by atoms with E-state index in [-0.39, 0.29) is 5.84 Å². The van der Waals surface area contributed by atoms with Crippen molar-refractivity contribution in [3.63, 3.8) is 0 Å². The Morgan fingerprint density at radius 3 is 2.38 bits per heavy atom. The van der Waals surface area contributed by atoms with Crippen molar-refractivity contribution in [2.45, 2.75) is 6.17 Å². The lowest BCUT2D eigenvalue weighted by Gasteiger charge is -2.37. The van der Waals surface area contributed by atoms with Crippen LogP contribution in [0.25, 0.3) is 0 Å². The summed E-state index contributed by atoms with van der Waals surface area (Å²) in [6, 6.07) is 10.2. The quantitative estimate of drug-likeness (QED) is 0.822. The first-order valence-electron chi connectivity index (χ1n) is 7.73. The Hall–Kier alpha value is -3.33. The molecule has 1 aliphatic heterocycles. The average Bonchev–Trinajstić information content (AvgIpc) is 3.21. The van der Waals surface area contributed by atoms with Gasteiger partial charge in [0, 0.05) is 7.05 Å². The highest BCUT2D eigenvalue weighted by Gasteiger charge is 2.33. The zero-order chi connectivity index (χ0) is 18.7. The van der Waals surface area contributed by atoms with Crippen molar-refractivity contribution >= 4 is 23.5 Å². The number of likely N-dealkylation sites (N-methyl/N-ethyl adjacent to an activating group) is 1. The third kappa shape index (κ3) is 3.24. The highest BCUT2D eigenvalue weighted by atomic mass is 16.5. The minimum atomic E-state index is -0.589. The molecular weight excluding hydrogens is 340 g/mol. The second-order valence-corrected chi connectivity index (χ2v) is 5.40. The Morgan fingerprint density at radius 1 is 1.12 bits per heavy atom. The van der Waals surface area contributed by atoms with Crippen LogP contribution >= 0.6 is 0 Å². The number of furan rings is 1. The molecule has 0 spiro atoms. The second kappa shape index (κ2) is 7.28. The Morgan fingerprint density at radius 2 is 1.81 bits per heavy atom. The van der Waals surface area contributed by atoms with Gasteiger partial charge in [-0.1, -0.05) is 0 Å². The number of hydrazone groups is 1. The van der Waals surface area contributed by atoms with Crippen molar-refractivity contribution < 1.29 is 23.5 Å². The van der Waals surface area contributed by atoms with Gasteiger partial charge in [0.15, 0.2) is 6.17 Å². The normalized spacial score (nSPS) is 16.9. The highest BCUT2D eigenvalue weighted by Crippen LogP contribution is 2.29. The average molecular weight is 358 g/mol. The van der Waals surface area contributed by atoms with Crippen molar-refractivity contribution in [3.05, 3.63) is 54.0 Å². The molecule has 1 N–H and O–H groups in total. The van der Waals surface area contributed by atoms with E-state index in [0.29, 0.717) is 17.0 Å². The van der Waals surface area contributed by atoms with Crippen LogP contribution < -0.4 is 10.4 Å². The zero-order valence-corrected chi connectivity index (χ0v) is 14.5. The van der Waals surface area contributed by atoms with Crippen LogP contribution in [0.3, 0.4) is 0 Å². The molecule has 9 nitrogen and oxygen atoms in total. The van der Waals surface area contributed by atoms with Crippen molar-refractivity contribution in [2.75, 3.05) is 26.3 Å². The Labute approximate surface area is 149 Å². The van der Waals surface area contributed by atoms with Gasteiger partial charge in [-0.05, 0) is 36.4 Å². The van der Waals surface area contributed by atoms with Gasteiger partial charge in [0.1, 0.15) is 5.76 Å². The maximum Gasteiger partial charge on any atom is 0.377 e. The second-order valence-electron chi connectivity index (χ2n) is 5.40. The van der Waals surface area contributed by atoms with Crippen LogP contribution in [-0.2, 0) is 14.3 Å². The van der Waals surface area contributed by atoms with Crippen LogP contribution in [-0.4, -0.2) is 44.1 Å². The number of carbonyl (C=O) groups is 2. The third-order valence-electron chi connectivity index (χ3n) is 3.81. The van der Waals surface area contributed by atoms with E-state index in [1.54, 1.807) is 54.7 Å². The van der Waals surface area contributed by atoms with Crippen LogP contribution in [0.15, 0.2) is 52.2 Å². The number of carbonyl (C=O) groups excluding carboxylic acids is 2. The van der Waals surface area contributed by atoms with Crippen LogP contribution in [0.4, 0.5) is 5.69 Å². The number of esters is 2. The van der Waals surface area contributed by atoms with Crippen molar-refractivity contribution in [3.8, 4) is 0 Å². The molecule has 2 heterocycles. The number of hydrazine groups is 1. The van der Waals surface area contributed by atoms with E-state index in [4.69, 9.17) is 13.9 Å². The van der Waals surface area contributed by atoms with Gasteiger partial charge in [-0.2, -0.15) is 0 Å². The first-order chi connectivity index (χ1) is 12.5. The smallest absolute Gasteiger partial charge is 0.377 e. The molecule has 0 amide bonds. The number of rotatable bonds is 4. The van der Waals surface area contributed by atoms with Crippen molar-refractivity contribution in [1.82, 2.24) is 10.4 Å². The lowest BCUT2D eigenvalue weighted by molar-refractivity contribution is -0.133. The molecule has 0 saturated heterocycles. The van der Waals surface area contributed by atoms with Gasteiger partial charge in [-0.25, -0.2) is 20.0 Å². The van der Waals surface area contributed by atoms with Gasteiger partial charge in [0.2, 0.25) is 5.84 Å². The predicted octanol–water partition coefficient (Wildman–Crippen LogP) is 1.51. The summed E-state index contributed by atoms with van der Waals surface area (Å²) in [6.07, 6.45) is 1.06. The Balaban J connectivity index is 2.01. The summed E-state index contributed by atoms with van der Waals surface area (Å²) < 4.78 is 15.0. The SMILES string of the molecule is COC(=O)C1=NN(c2ccc(C(=O)OC)cc2)C(c2ccco2)NN1C. The van der Waals surface area contributed by atoms with Crippen LogP contribution in [0.5, 0.6) is 0 Å². The minimum absolute atomic E-state index is 0.0763. The highest BCUT2D eigenvalue weighted by molar-refractivity contribution is 6.35. The molecular formula is C17H18N4O5. The van der Waals surface area contributed by atoms with Crippen molar-refractivity contribution in [2.24, 2.45) is 5.10 Å². The number of ether oxygens (including phenoxy) is 2. The molecule has 1 atom stereocenters. The van der Waals surface area contributed by atoms with Gasteiger partial charge in [0.05, 0.1) is 31.7 Å². The Bertz CT molecular complexity index is 816. The van der Waals surface area contributed by atoms with E-state index >= 15 is 0 Å². The number of nitrogens with zero attached hydrogens (tertiary/aromatic N) is 3. The van der Waals surface area contributed by atoms with E-state index in [2.05, 4.69) is 10.5 Å². The molecule has 0 bridgehead atoms. The summed E-state index contributed by atoms with van der Waals surface area (Å²) in [4.78, 5) is 23.6. The molecule has 0 radical (unpaired) electrons. The van der Waals surface area contributed by atoms with Gasteiger partial charge >= 0.3 is 11.9 Å². The number of methoxy groups -OCH3 is 2. The topological polar surface area (TPSA) is 96.6 Å². The first kappa shape index (κ1) is 17.5. The summed E-state index contributed by atoms with van der Waals surface area (Å²) in [5, 5.41) is 7.44. The molecule has 136 valence electrons.